The molecule has 1 amide bonds. The first-order chi connectivity index (χ1) is 11.2. The highest BCUT2D eigenvalue weighted by molar-refractivity contribution is 5.98. The predicted molar refractivity (Wildman–Crippen MR) is 89.2 cm³/mol. The van der Waals surface area contributed by atoms with Gasteiger partial charge in [0.2, 0.25) is 0 Å². The van der Waals surface area contributed by atoms with Gasteiger partial charge < -0.3 is 14.7 Å². The summed E-state index contributed by atoms with van der Waals surface area (Å²) in [6, 6.07) is 17.4. The maximum absolute atomic E-state index is 12.8. The Balaban J connectivity index is 1.71. The number of fused-ring (bicyclic) bond motifs is 1. The summed E-state index contributed by atoms with van der Waals surface area (Å²) in [6.07, 6.45) is 0.125. The molecule has 0 fully saturated rings. The molecule has 4 heteroatoms. The number of hydrogen-bond acceptors (Lipinski definition) is 3. The standard InChI is InChI=1S/C19H21NO3/c1-14(23-13-15-7-3-2-4-8-15)19(22)20-17(12-21)11-16-9-5-6-10-18(16)20/h2-10,14,17,21H,11-13H2,1H3. The highest BCUT2D eigenvalue weighted by atomic mass is 16.5. The molecule has 0 spiro atoms. The Morgan fingerprint density at radius 2 is 1.91 bits per heavy atom. The second-order valence-corrected chi connectivity index (χ2v) is 5.82. The van der Waals surface area contributed by atoms with Crippen molar-refractivity contribution in [2.75, 3.05) is 11.5 Å². The molecular formula is C19H21NO3. The van der Waals surface area contributed by atoms with Gasteiger partial charge in [-0.2, -0.15) is 0 Å². The molecule has 2 atom stereocenters. The van der Waals surface area contributed by atoms with E-state index in [-0.39, 0.29) is 18.6 Å². The van der Waals surface area contributed by atoms with E-state index in [0.29, 0.717) is 13.0 Å². The highest BCUT2D eigenvalue weighted by Gasteiger charge is 2.35. The fourth-order valence-electron chi connectivity index (χ4n) is 2.97. The van der Waals surface area contributed by atoms with Crippen molar-refractivity contribution in [3.05, 3.63) is 65.7 Å². The summed E-state index contributed by atoms with van der Waals surface area (Å²) < 4.78 is 5.74. The number of para-hydroxylation sites is 1. The summed E-state index contributed by atoms with van der Waals surface area (Å²) in [5.41, 5.74) is 3.01. The van der Waals surface area contributed by atoms with Crippen LogP contribution in [0.1, 0.15) is 18.1 Å². The predicted octanol–water partition coefficient (Wildman–Crippen LogP) is 2.54. The lowest BCUT2D eigenvalue weighted by molar-refractivity contribution is -0.130. The lowest BCUT2D eigenvalue weighted by Gasteiger charge is -2.27. The summed E-state index contributed by atoms with van der Waals surface area (Å²) >= 11 is 0. The third kappa shape index (κ3) is 3.28. The molecule has 1 aliphatic rings. The molecule has 2 unspecified atom stereocenters. The van der Waals surface area contributed by atoms with Gasteiger partial charge in [0.15, 0.2) is 0 Å². The molecular weight excluding hydrogens is 290 g/mol. The fraction of sp³-hybridized carbons (Fsp3) is 0.316. The summed E-state index contributed by atoms with van der Waals surface area (Å²) in [5.74, 6) is -0.107. The van der Waals surface area contributed by atoms with Gasteiger partial charge in [0.25, 0.3) is 5.91 Å². The van der Waals surface area contributed by atoms with Crippen molar-refractivity contribution in [3.63, 3.8) is 0 Å². The van der Waals surface area contributed by atoms with E-state index in [4.69, 9.17) is 4.74 Å². The molecule has 0 saturated carbocycles. The van der Waals surface area contributed by atoms with Crippen LogP contribution in [-0.4, -0.2) is 29.8 Å². The number of carbonyl (C=O) groups is 1. The van der Waals surface area contributed by atoms with E-state index < -0.39 is 6.10 Å². The Bertz CT molecular complexity index is 671. The van der Waals surface area contributed by atoms with Crippen molar-refractivity contribution in [1.29, 1.82) is 0 Å². The first-order valence-electron chi connectivity index (χ1n) is 7.88. The van der Waals surface area contributed by atoms with Crippen molar-refractivity contribution in [2.45, 2.75) is 32.1 Å². The number of amides is 1. The van der Waals surface area contributed by atoms with Crippen LogP contribution in [0, 0.1) is 0 Å². The summed E-state index contributed by atoms with van der Waals surface area (Å²) in [5, 5.41) is 9.61. The highest BCUT2D eigenvalue weighted by Crippen LogP contribution is 2.32. The van der Waals surface area contributed by atoms with Crippen LogP contribution in [0.2, 0.25) is 0 Å². The van der Waals surface area contributed by atoms with Crippen molar-refractivity contribution < 1.29 is 14.6 Å². The third-order valence-electron chi connectivity index (χ3n) is 4.21. The zero-order valence-electron chi connectivity index (χ0n) is 13.2. The number of benzene rings is 2. The number of aliphatic hydroxyl groups is 1. The van der Waals surface area contributed by atoms with E-state index in [1.54, 1.807) is 11.8 Å². The Morgan fingerprint density at radius 3 is 2.65 bits per heavy atom. The average Bonchev–Trinajstić information content (AvgIpc) is 2.98. The van der Waals surface area contributed by atoms with Gasteiger partial charge in [0, 0.05) is 5.69 Å². The zero-order chi connectivity index (χ0) is 16.2. The minimum atomic E-state index is -0.560. The maximum Gasteiger partial charge on any atom is 0.256 e. The van der Waals surface area contributed by atoms with Crippen LogP contribution < -0.4 is 4.90 Å². The van der Waals surface area contributed by atoms with Gasteiger partial charge >= 0.3 is 0 Å². The first kappa shape index (κ1) is 15.7. The number of carbonyl (C=O) groups excluding carboxylic acids is 1. The largest absolute Gasteiger partial charge is 0.394 e. The van der Waals surface area contributed by atoms with Gasteiger partial charge in [-0.05, 0) is 30.5 Å². The van der Waals surface area contributed by atoms with Crippen molar-refractivity contribution in [1.82, 2.24) is 0 Å². The molecule has 1 N–H and O–H groups in total. The van der Waals surface area contributed by atoms with Crippen LogP contribution >= 0.6 is 0 Å². The maximum atomic E-state index is 12.8. The number of ether oxygens (including phenoxy) is 1. The molecule has 2 aromatic carbocycles. The van der Waals surface area contributed by atoms with Crippen molar-refractivity contribution in [2.24, 2.45) is 0 Å². The SMILES string of the molecule is CC(OCc1ccccc1)C(=O)N1c2ccccc2CC1CO. The molecule has 3 rings (SSSR count). The first-order valence-corrected chi connectivity index (χ1v) is 7.88. The number of aliphatic hydroxyl groups excluding tert-OH is 1. The van der Waals surface area contributed by atoms with Crippen molar-refractivity contribution >= 4 is 11.6 Å². The van der Waals surface area contributed by atoms with E-state index >= 15 is 0 Å². The normalized spacial score (nSPS) is 17.8. The smallest absolute Gasteiger partial charge is 0.256 e. The van der Waals surface area contributed by atoms with Crippen LogP contribution in [0.25, 0.3) is 0 Å². The van der Waals surface area contributed by atoms with Crippen LogP contribution in [0.3, 0.4) is 0 Å². The summed E-state index contributed by atoms with van der Waals surface area (Å²) in [4.78, 5) is 14.5. The molecule has 120 valence electrons. The van der Waals surface area contributed by atoms with Crippen LogP contribution in [-0.2, 0) is 22.6 Å². The molecule has 0 radical (unpaired) electrons. The van der Waals surface area contributed by atoms with Gasteiger partial charge in [-0.15, -0.1) is 0 Å². The molecule has 0 aromatic heterocycles. The lowest BCUT2D eigenvalue weighted by Crippen LogP contribution is -2.45. The molecule has 0 aliphatic carbocycles. The quantitative estimate of drug-likeness (QED) is 0.923. The van der Waals surface area contributed by atoms with Crippen LogP contribution in [0.15, 0.2) is 54.6 Å². The Labute approximate surface area is 136 Å². The second kappa shape index (κ2) is 6.94. The lowest BCUT2D eigenvalue weighted by atomic mass is 10.1. The Morgan fingerprint density at radius 1 is 1.22 bits per heavy atom. The van der Waals surface area contributed by atoms with Gasteiger partial charge in [0.05, 0.1) is 19.3 Å². The van der Waals surface area contributed by atoms with E-state index in [1.807, 2.05) is 54.6 Å². The average molecular weight is 311 g/mol. The number of rotatable bonds is 5. The van der Waals surface area contributed by atoms with Crippen LogP contribution in [0.5, 0.6) is 0 Å². The van der Waals surface area contributed by atoms with E-state index in [9.17, 15) is 9.90 Å². The number of anilines is 1. The van der Waals surface area contributed by atoms with Crippen molar-refractivity contribution in [3.8, 4) is 0 Å². The van der Waals surface area contributed by atoms with Gasteiger partial charge in [-0.25, -0.2) is 0 Å². The molecule has 1 heterocycles. The van der Waals surface area contributed by atoms with E-state index in [2.05, 4.69) is 0 Å². The molecule has 1 aliphatic heterocycles. The van der Waals surface area contributed by atoms with Gasteiger partial charge in [0.1, 0.15) is 6.10 Å². The molecule has 23 heavy (non-hydrogen) atoms. The summed E-state index contributed by atoms with van der Waals surface area (Å²) in [7, 11) is 0. The number of hydrogen-bond donors (Lipinski definition) is 1. The van der Waals surface area contributed by atoms with E-state index in [1.165, 1.54) is 0 Å². The van der Waals surface area contributed by atoms with Gasteiger partial charge in [-0.1, -0.05) is 48.5 Å². The monoisotopic (exact) mass is 311 g/mol. The zero-order valence-corrected chi connectivity index (χ0v) is 13.2. The second-order valence-electron chi connectivity index (χ2n) is 5.82. The fourth-order valence-corrected chi connectivity index (χ4v) is 2.97. The molecule has 4 nitrogen and oxygen atoms in total. The van der Waals surface area contributed by atoms with Crippen LogP contribution in [0.4, 0.5) is 5.69 Å². The minimum absolute atomic E-state index is 0.0498. The van der Waals surface area contributed by atoms with E-state index in [0.717, 1.165) is 16.8 Å². The molecule has 0 bridgehead atoms. The Kier molecular flexibility index (Phi) is 4.74. The Hall–Kier alpha value is -2.17. The molecule has 2 aromatic rings. The minimum Gasteiger partial charge on any atom is -0.394 e. The third-order valence-corrected chi connectivity index (χ3v) is 4.21. The molecule has 0 saturated heterocycles. The summed E-state index contributed by atoms with van der Waals surface area (Å²) in [6.45, 7) is 2.11. The van der Waals surface area contributed by atoms with Gasteiger partial charge in [-0.3, -0.25) is 4.79 Å². The topological polar surface area (TPSA) is 49.8 Å². The number of nitrogens with zero attached hydrogens (tertiary/aromatic N) is 1.